The van der Waals surface area contributed by atoms with Gasteiger partial charge in [0.1, 0.15) is 18.5 Å². The van der Waals surface area contributed by atoms with Gasteiger partial charge >= 0.3 is 0 Å². The van der Waals surface area contributed by atoms with Gasteiger partial charge in [-0.25, -0.2) is 13.8 Å². The highest BCUT2D eigenvalue weighted by Crippen LogP contribution is 2.19. The standard InChI is InChI=1S/C16H17F2N3O2/c17-11-1-2-14(13(18)9-11)22-10-15-20-8-5-16(21-15)23-12-3-6-19-7-4-12/h1-2,5,8-9,12,19H,3-4,6-7,10H2. The van der Waals surface area contributed by atoms with Crippen molar-refractivity contribution in [1.29, 1.82) is 0 Å². The van der Waals surface area contributed by atoms with Gasteiger partial charge in [-0.15, -0.1) is 0 Å². The summed E-state index contributed by atoms with van der Waals surface area (Å²) >= 11 is 0. The molecule has 122 valence electrons. The predicted octanol–water partition coefficient (Wildman–Crippen LogP) is 2.46. The van der Waals surface area contributed by atoms with Crippen LogP contribution in [0.2, 0.25) is 0 Å². The van der Waals surface area contributed by atoms with Crippen LogP contribution in [0.4, 0.5) is 8.78 Å². The van der Waals surface area contributed by atoms with E-state index in [0.717, 1.165) is 38.1 Å². The fourth-order valence-corrected chi connectivity index (χ4v) is 2.33. The van der Waals surface area contributed by atoms with E-state index in [0.29, 0.717) is 11.7 Å². The van der Waals surface area contributed by atoms with Crippen LogP contribution in [0.1, 0.15) is 18.7 Å². The van der Waals surface area contributed by atoms with Gasteiger partial charge in [0.25, 0.3) is 0 Å². The van der Waals surface area contributed by atoms with E-state index in [-0.39, 0.29) is 18.5 Å². The molecular formula is C16H17F2N3O2. The maximum atomic E-state index is 13.5. The van der Waals surface area contributed by atoms with E-state index in [1.807, 2.05) is 0 Å². The van der Waals surface area contributed by atoms with Crippen LogP contribution in [0.15, 0.2) is 30.5 Å². The summed E-state index contributed by atoms with van der Waals surface area (Å²) in [6, 6.07) is 4.83. The number of halogens is 2. The number of rotatable bonds is 5. The van der Waals surface area contributed by atoms with Gasteiger partial charge in [0.2, 0.25) is 5.88 Å². The molecule has 1 fully saturated rings. The Morgan fingerprint density at radius 3 is 2.78 bits per heavy atom. The molecule has 1 aromatic carbocycles. The van der Waals surface area contributed by atoms with Gasteiger partial charge in [-0.3, -0.25) is 0 Å². The Bertz CT molecular complexity index is 664. The van der Waals surface area contributed by atoms with E-state index in [4.69, 9.17) is 9.47 Å². The Morgan fingerprint density at radius 1 is 1.17 bits per heavy atom. The fourth-order valence-electron chi connectivity index (χ4n) is 2.33. The number of hydrogen-bond donors (Lipinski definition) is 1. The monoisotopic (exact) mass is 321 g/mol. The van der Waals surface area contributed by atoms with Crippen molar-refractivity contribution in [2.45, 2.75) is 25.6 Å². The van der Waals surface area contributed by atoms with Crippen LogP contribution in [-0.4, -0.2) is 29.2 Å². The van der Waals surface area contributed by atoms with Crippen molar-refractivity contribution in [3.8, 4) is 11.6 Å². The minimum atomic E-state index is -0.757. The van der Waals surface area contributed by atoms with Crippen LogP contribution in [0.25, 0.3) is 0 Å². The highest BCUT2D eigenvalue weighted by molar-refractivity contribution is 5.24. The van der Waals surface area contributed by atoms with Gasteiger partial charge in [-0.1, -0.05) is 0 Å². The molecule has 0 spiro atoms. The van der Waals surface area contributed by atoms with E-state index in [1.165, 1.54) is 6.07 Å². The normalized spacial score (nSPS) is 15.4. The Kier molecular flexibility index (Phi) is 4.97. The van der Waals surface area contributed by atoms with Gasteiger partial charge in [0, 0.05) is 18.3 Å². The molecule has 1 N–H and O–H groups in total. The molecule has 0 atom stereocenters. The Hall–Kier alpha value is -2.28. The minimum absolute atomic E-state index is 0.0219. The van der Waals surface area contributed by atoms with Gasteiger partial charge in [0.15, 0.2) is 17.4 Å². The Balaban J connectivity index is 1.60. The molecule has 1 aromatic heterocycles. The minimum Gasteiger partial charge on any atom is -0.483 e. The Labute approximate surface area is 132 Å². The second-order valence-corrected chi connectivity index (χ2v) is 5.24. The van der Waals surface area contributed by atoms with Crippen LogP contribution < -0.4 is 14.8 Å². The van der Waals surface area contributed by atoms with Crippen LogP contribution in [-0.2, 0) is 6.61 Å². The fraction of sp³-hybridized carbons (Fsp3) is 0.375. The highest BCUT2D eigenvalue weighted by atomic mass is 19.1. The number of aromatic nitrogens is 2. The van der Waals surface area contributed by atoms with Gasteiger partial charge in [-0.2, -0.15) is 4.98 Å². The molecule has 5 nitrogen and oxygen atoms in total. The number of hydrogen-bond acceptors (Lipinski definition) is 5. The topological polar surface area (TPSA) is 56.3 Å². The van der Waals surface area contributed by atoms with Gasteiger partial charge < -0.3 is 14.8 Å². The zero-order chi connectivity index (χ0) is 16.1. The van der Waals surface area contributed by atoms with E-state index in [1.54, 1.807) is 12.3 Å². The number of ether oxygens (including phenoxy) is 2. The third-order valence-electron chi connectivity index (χ3n) is 3.50. The summed E-state index contributed by atoms with van der Waals surface area (Å²) in [4.78, 5) is 8.32. The first-order chi connectivity index (χ1) is 11.2. The first-order valence-corrected chi connectivity index (χ1v) is 7.48. The summed E-state index contributed by atoms with van der Waals surface area (Å²) in [5.41, 5.74) is 0. The average molecular weight is 321 g/mol. The second kappa shape index (κ2) is 7.32. The number of benzene rings is 1. The third-order valence-corrected chi connectivity index (χ3v) is 3.50. The van der Waals surface area contributed by atoms with Crippen molar-refractivity contribution in [2.75, 3.05) is 13.1 Å². The summed E-state index contributed by atoms with van der Waals surface area (Å²) < 4.78 is 37.5. The molecule has 0 unspecified atom stereocenters. The molecule has 1 saturated heterocycles. The van der Waals surface area contributed by atoms with Gasteiger partial charge in [0.05, 0.1) is 0 Å². The summed E-state index contributed by atoms with van der Waals surface area (Å²) in [7, 11) is 0. The van der Waals surface area contributed by atoms with Crippen molar-refractivity contribution in [3.63, 3.8) is 0 Å². The average Bonchev–Trinajstić information content (AvgIpc) is 2.55. The van der Waals surface area contributed by atoms with Crippen LogP contribution in [0.5, 0.6) is 11.6 Å². The molecule has 0 amide bonds. The van der Waals surface area contributed by atoms with Crippen LogP contribution in [0, 0.1) is 11.6 Å². The molecule has 0 saturated carbocycles. The molecule has 7 heteroatoms. The van der Waals surface area contributed by atoms with Gasteiger partial charge in [-0.05, 0) is 38.1 Å². The maximum absolute atomic E-state index is 13.5. The second-order valence-electron chi connectivity index (χ2n) is 5.24. The molecule has 0 radical (unpaired) electrons. The largest absolute Gasteiger partial charge is 0.483 e. The maximum Gasteiger partial charge on any atom is 0.216 e. The molecule has 2 heterocycles. The van der Waals surface area contributed by atoms with E-state index < -0.39 is 11.6 Å². The quantitative estimate of drug-likeness (QED) is 0.917. The lowest BCUT2D eigenvalue weighted by Gasteiger charge is -2.23. The lowest BCUT2D eigenvalue weighted by Crippen LogP contribution is -2.34. The van der Waals surface area contributed by atoms with Crippen molar-refractivity contribution < 1.29 is 18.3 Å². The van der Waals surface area contributed by atoms with Crippen molar-refractivity contribution in [3.05, 3.63) is 47.9 Å². The molecule has 0 bridgehead atoms. The third kappa shape index (κ3) is 4.35. The molecule has 2 aromatic rings. The van der Waals surface area contributed by atoms with E-state index in [2.05, 4.69) is 15.3 Å². The molecule has 23 heavy (non-hydrogen) atoms. The number of nitrogens with zero attached hydrogens (tertiary/aromatic N) is 2. The first kappa shape index (κ1) is 15.6. The summed E-state index contributed by atoms with van der Waals surface area (Å²) in [6.07, 6.45) is 3.56. The zero-order valence-electron chi connectivity index (χ0n) is 12.5. The lowest BCUT2D eigenvalue weighted by atomic mass is 10.1. The predicted molar refractivity (Wildman–Crippen MR) is 79.2 cm³/mol. The smallest absolute Gasteiger partial charge is 0.216 e. The van der Waals surface area contributed by atoms with Crippen LogP contribution >= 0.6 is 0 Å². The summed E-state index contributed by atoms with van der Waals surface area (Å²) in [6.45, 7) is 1.83. The number of piperidine rings is 1. The summed E-state index contributed by atoms with van der Waals surface area (Å²) in [5, 5.41) is 3.26. The van der Waals surface area contributed by atoms with Crippen molar-refractivity contribution >= 4 is 0 Å². The first-order valence-electron chi connectivity index (χ1n) is 7.48. The van der Waals surface area contributed by atoms with Crippen LogP contribution in [0.3, 0.4) is 0 Å². The molecule has 1 aliphatic rings. The van der Waals surface area contributed by atoms with Crippen molar-refractivity contribution in [2.24, 2.45) is 0 Å². The lowest BCUT2D eigenvalue weighted by molar-refractivity contribution is 0.154. The summed E-state index contributed by atoms with van der Waals surface area (Å²) in [5.74, 6) is -0.597. The molecule has 0 aliphatic carbocycles. The number of nitrogens with one attached hydrogen (secondary N) is 1. The molecule has 1 aliphatic heterocycles. The molecular weight excluding hydrogens is 304 g/mol. The van der Waals surface area contributed by atoms with E-state index >= 15 is 0 Å². The van der Waals surface area contributed by atoms with Crippen molar-refractivity contribution in [1.82, 2.24) is 15.3 Å². The SMILES string of the molecule is Fc1ccc(OCc2nccc(OC3CCNCC3)n2)c(F)c1. The molecule has 3 rings (SSSR count). The Morgan fingerprint density at radius 2 is 2.00 bits per heavy atom. The van der Waals surface area contributed by atoms with E-state index in [9.17, 15) is 8.78 Å². The highest BCUT2D eigenvalue weighted by Gasteiger charge is 2.15. The zero-order valence-corrected chi connectivity index (χ0v) is 12.5.